The SMILES string of the molecule is C=CCOC(=O)C1=C(C)N=C2SC=C(CC(=O)NCc3ccccc3)N2[C@@H]1c1cccc(OC)c1OC. The maximum Gasteiger partial charge on any atom is 0.338 e. The summed E-state index contributed by atoms with van der Waals surface area (Å²) < 4.78 is 16.7. The summed E-state index contributed by atoms with van der Waals surface area (Å²) in [6, 6.07) is 14.6. The molecule has 0 aliphatic carbocycles. The Balaban J connectivity index is 1.69. The van der Waals surface area contributed by atoms with E-state index >= 15 is 0 Å². The predicted octanol–water partition coefficient (Wildman–Crippen LogP) is 4.71. The van der Waals surface area contributed by atoms with Gasteiger partial charge in [0.15, 0.2) is 16.7 Å². The second-order valence-electron chi connectivity index (χ2n) is 8.30. The van der Waals surface area contributed by atoms with E-state index in [4.69, 9.17) is 14.2 Å². The van der Waals surface area contributed by atoms with Crippen LogP contribution in [0.5, 0.6) is 11.5 Å². The first-order valence-electron chi connectivity index (χ1n) is 11.7. The number of carbonyl (C=O) groups is 2. The van der Waals surface area contributed by atoms with Crippen LogP contribution in [0.15, 0.2) is 88.6 Å². The van der Waals surface area contributed by atoms with Crippen LogP contribution in [0, 0.1) is 0 Å². The Bertz CT molecular complexity index is 1290. The second kappa shape index (κ2) is 11.8. The highest BCUT2D eigenvalue weighted by Gasteiger charge is 2.42. The van der Waals surface area contributed by atoms with E-state index in [1.807, 2.05) is 52.8 Å². The summed E-state index contributed by atoms with van der Waals surface area (Å²) in [6.45, 7) is 5.90. The molecule has 2 aromatic carbocycles. The maximum atomic E-state index is 13.3. The lowest BCUT2D eigenvalue weighted by Crippen LogP contribution is -2.38. The van der Waals surface area contributed by atoms with Crippen LogP contribution in [0.25, 0.3) is 0 Å². The van der Waals surface area contributed by atoms with Gasteiger partial charge in [-0.15, -0.1) is 0 Å². The molecule has 0 bridgehead atoms. The first kappa shape index (κ1) is 26.1. The first-order chi connectivity index (χ1) is 18.0. The number of fused-ring (bicyclic) bond motifs is 1. The number of amidine groups is 1. The Morgan fingerprint density at radius 1 is 1.14 bits per heavy atom. The number of methoxy groups -OCH3 is 2. The largest absolute Gasteiger partial charge is 0.493 e. The number of nitrogens with zero attached hydrogens (tertiary/aromatic N) is 2. The fourth-order valence-corrected chi connectivity index (χ4v) is 5.25. The molecule has 2 heterocycles. The summed E-state index contributed by atoms with van der Waals surface area (Å²) in [5.74, 6) is 0.358. The third-order valence-electron chi connectivity index (χ3n) is 5.96. The van der Waals surface area contributed by atoms with Gasteiger partial charge in [-0.2, -0.15) is 0 Å². The van der Waals surface area contributed by atoms with Gasteiger partial charge >= 0.3 is 5.97 Å². The van der Waals surface area contributed by atoms with Gasteiger partial charge in [-0.3, -0.25) is 4.79 Å². The van der Waals surface area contributed by atoms with E-state index in [0.717, 1.165) is 5.56 Å². The molecule has 9 heteroatoms. The molecule has 1 atom stereocenters. The molecule has 0 spiro atoms. The molecule has 2 aromatic rings. The number of benzene rings is 2. The molecule has 0 fully saturated rings. The van der Waals surface area contributed by atoms with E-state index in [-0.39, 0.29) is 18.9 Å². The van der Waals surface area contributed by atoms with Crippen molar-refractivity contribution in [3.63, 3.8) is 0 Å². The topological polar surface area (TPSA) is 89.5 Å². The molecule has 4 rings (SSSR count). The van der Waals surface area contributed by atoms with E-state index in [2.05, 4.69) is 16.9 Å². The number of hydrogen-bond acceptors (Lipinski definition) is 8. The van der Waals surface area contributed by atoms with Gasteiger partial charge in [0.1, 0.15) is 6.61 Å². The molecule has 2 aliphatic rings. The molecular weight excluding hydrogens is 490 g/mol. The monoisotopic (exact) mass is 519 g/mol. The van der Waals surface area contributed by atoms with Crippen molar-refractivity contribution in [2.24, 2.45) is 4.99 Å². The maximum absolute atomic E-state index is 13.3. The van der Waals surface area contributed by atoms with Gasteiger partial charge in [-0.25, -0.2) is 9.79 Å². The molecule has 0 aromatic heterocycles. The summed E-state index contributed by atoms with van der Waals surface area (Å²) in [4.78, 5) is 32.8. The van der Waals surface area contributed by atoms with Crippen LogP contribution in [0.2, 0.25) is 0 Å². The fraction of sp³-hybridized carbons (Fsp3) is 0.250. The highest BCUT2D eigenvalue weighted by Crippen LogP contribution is 2.48. The van der Waals surface area contributed by atoms with E-state index < -0.39 is 12.0 Å². The van der Waals surface area contributed by atoms with Crippen molar-refractivity contribution in [1.82, 2.24) is 10.2 Å². The minimum atomic E-state index is -0.641. The van der Waals surface area contributed by atoms with E-state index in [0.29, 0.717) is 45.7 Å². The number of ether oxygens (including phenoxy) is 3. The Morgan fingerprint density at radius 2 is 1.92 bits per heavy atom. The van der Waals surface area contributed by atoms with Gasteiger partial charge in [-0.1, -0.05) is 66.9 Å². The fourth-order valence-electron chi connectivity index (χ4n) is 4.29. The summed E-state index contributed by atoms with van der Waals surface area (Å²) >= 11 is 1.41. The van der Waals surface area contributed by atoms with Crippen LogP contribution in [0.1, 0.15) is 30.5 Å². The highest BCUT2D eigenvalue weighted by atomic mass is 32.2. The summed E-state index contributed by atoms with van der Waals surface area (Å²) in [5, 5.41) is 5.53. The molecular formula is C28H29N3O5S. The smallest absolute Gasteiger partial charge is 0.338 e. The van der Waals surface area contributed by atoms with Gasteiger partial charge in [-0.05, 0) is 24.0 Å². The number of allylic oxidation sites excluding steroid dienone is 1. The average molecular weight is 520 g/mol. The van der Waals surface area contributed by atoms with Crippen molar-refractivity contribution in [1.29, 1.82) is 0 Å². The third kappa shape index (κ3) is 5.56. The number of hydrogen-bond donors (Lipinski definition) is 1. The Labute approximate surface area is 220 Å². The summed E-state index contributed by atoms with van der Waals surface area (Å²) in [7, 11) is 3.11. The first-order valence-corrected chi connectivity index (χ1v) is 12.6. The zero-order valence-corrected chi connectivity index (χ0v) is 21.8. The number of thioether (sulfide) groups is 1. The van der Waals surface area contributed by atoms with E-state index in [9.17, 15) is 9.59 Å². The van der Waals surface area contributed by atoms with Crippen LogP contribution in [-0.2, 0) is 20.9 Å². The number of amides is 1. The minimum Gasteiger partial charge on any atom is -0.493 e. The molecule has 1 amide bonds. The van der Waals surface area contributed by atoms with Crippen LogP contribution >= 0.6 is 11.8 Å². The minimum absolute atomic E-state index is 0.0630. The molecule has 0 unspecified atom stereocenters. The van der Waals surface area contributed by atoms with Crippen molar-refractivity contribution in [3.05, 3.63) is 94.7 Å². The number of rotatable bonds is 10. The number of carbonyl (C=O) groups excluding carboxylic acids is 2. The van der Waals surface area contributed by atoms with E-state index in [1.165, 1.54) is 17.8 Å². The molecule has 37 heavy (non-hydrogen) atoms. The molecule has 0 saturated carbocycles. The summed E-state index contributed by atoms with van der Waals surface area (Å²) in [6.07, 6.45) is 1.62. The average Bonchev–Trinajstić information content (AvgIpc) is 3.31. The van der Waals surface area contributed by atoms with Gasteiger partial charge < -0.3 is 24.4 Å². The normalized spacial score (nSPS) is 16.4. The van der Waals surface area contributed by atoms with Crippen LogP contribution in [0.4, 0.5) is 0 Å². The number of nitrogens with one attached hydrogen (secondary N) is 1. The molecule has 1 N–H and O–H groups in total. The lowest BCUT2D eigenvalue weighted by atomic mass is 9.92. The van der Waals surface area contributed by atoms with Crippen molar-refractivity contribution in [3.8, 4) is 11.5 Å². The van der Waals surface area contributed by atoms with Crippen LogP contribution < -0.4 is 14.8 Å². The highest BCUT2D eigenvalue weighted by molar-refractivity contribution is 8.16. The second-order valence-corrected chi connectivity index (χ2v) is 9.14. The third-order valence-corrected chi connectivity index (χ3v) is 6.84. The van der Waals surface area contributed by atoms with Gasteiger partial charge in [0, 0.05) is 17.8 Å². The lowest BCUT2D eigenvalue weighted by molar-refractivity contribution is -0.138. The Morgan fingerprint density at radius 3 is 2.62 bits per heavy atom. The van der Waals surface area contributed by atoms with Crippen molar-refractivity contribution >= 4 is 28.8 Å². The molecule has 0 radical (unpaired) electrons. The molecule has 8 nitrogen and oxygen atoms in total. The van der Waals surface area contributed by atoms with Gasteiger partial charge in [0.2, 0.25) is 5.91 Å². The molecule has 192 valence electrons. The van der Waals surface area contributed by atoms with Gasteiger partial charge in [0.25, 0.3) is 0 Å². The van der Waals surface area contributed by atoms with E-state index in [1.54, 1.807) is 27.2 Å². The van der Waals surface area contributed by atoms with Crippen molar-refractivity contribution < 1.29 is 23.8 Å². The molecule has 0 saturated heterocycles. The zero-order chi connectivity index (χ0) is 26.4. The predicted molar refractivity (Wildman–Crippen MR) is 144 cm³/mol. The quantitative estimate of drug-likeness (QED) is 0.359. The standard InChI is InChI=1S/C28H29N3O5S/c1-5-14-36-27(33)24-18(2)30-28-31(25(24)21-12-9-13-22(34-3)26(21)35-4)20(17-37-28)15-23(32)29-16-19-10-7-6-8-11-19/h5-13,17,25H,1,14-16H2,2-4H3,(H,29,32)/t25-/m1/s1. The Hall–Kier alpha value is -3.98. The van der Waals surface area contributed by atoms with Crippen LogP contribution in [0.3, 0.4) is 0 Å². The Kier molecular flexibility index (Phi) is 8.35. The number of para-hydroxylation sites is 1. The van der Waals surface area contributed by atoms with Crippen molar-refractivity contribution in [2.45, 2.75) is 25.9 Å². The zero-order valence-electron chi connectivity index (χ0n) is 21.0. The lowest BCUT2D eigenvalue weighted by Gasteiger charge is -2.37. The van der Waals surface area contributed by atoms with Crippen molar-refractivity contribution in [2.75, 3.05) is 20.8 Å². The van der Waals surface area contributed by atoms with Gasteiger partial charge in [0.05, 0.1) is 38.0 Å². The summed E-state index contributed by atoms with van der Waals surface area (Å²) in [5.41, 5.74) is 3.31. The number of esters is 1. The number of aliphatic imine (C=N–C) groups is 1. The molecule has 2 aliphatic heterocycles. The van der Waals surface area contributed by atoms with Crippen LogP contribution in [-0.4, -0.2) is 42.8 Å².